The van der Waals surface area contributed by atoms with E-state index in [1.165, 1.54) is 0 Å². The largest absolute Gasteiger partial charge is 0.462 e. The Bertz CT molecular complexity index is 1040. The van der Waals surface area contributed by atoms with Gasteiger partial charge in [0.1, 0.15) is 6.54 Å². The van der Waals surface area contributed by atoms with Crippen LogP contribution in [0.3, 0.4) is 0 Å². The van der Waals surface area contributed by atoms with E-state index >= 15 is 0 Å². The molecule has 0 radical (unpaired) electrons. The van der Waals surface area contributed by atoms with Crippen LogP contribution in [0.25, 0.3) is 0 Å². The highest BCUT2D eigenvalue weighted by molar-refractivity contribution is 5.78. The SMILES string of the molecule is CCOC(=O)C[N+]1(Cc2ccccn2)CCN(C(=O)CC(c2ccccc2)c2ccccc2)CC1. The lowest BCUT2D eigenvalue weighted by molar-refractivity contribution is -0.937. The molecule has 1 aliphatic rings. The third-order valence-electron chi connectivity index (χ3n) is 6.82. The molecule has 1 fully saturated rings. The molecule has 1 aromatic heterocycles. The van der Waals surface area contributed by atoms with Crippen molar-refractivity contribution in [3.63, 3.8) is 0 Å². The molecule has 0 N–H and O–H groups in total. The van der Waals surface area contributed by atoms with Crippen LogP contribution in [-0.2, 0) is 20.9 Å². The molecule has 1 amide bonds. The molecule has 35 heavy (non-hydrogen) atoms. The Labute approximate surface area is 207 Å². The third kappa shape index (κ3) is 6.55. The molecule has 1 aliphatic heterocycles. The Morgan fingerprint density at radius 3 is 2.06 bits per heavy atom. The topological polar surface area (TPSA) is 59.5 Å². The summed E-state index contributed by atoms with van der Waals surface area (Å²) in [5.41, 5.74) is 3.24. The first-order chi connectivity index (χ1) is 17.1. The summed E-state index contributed by atoms with van der Waals surface area (Å²) in [6, 6.07) is 26.3. The van der Waals surface area contributed by atoms with Gasteiger partial charge in [0.25, 0.3) is 0 Å². The van der Waals surface area contributed by atoms with Crippen LogP contribution in [0.15, 0.2) is 85.1 Å². The van der Waals surface area contributed by atoms with Crippen LogP contribution in [-0.4, -0.2) is 65.6 Å². The number of piperazine rings is 1. The first kappa shape index (κ1) is 24.6. The molecular weight excluding hydrogens is 438 g/mol. The molecule has 4 rings (SSSR count). The maximum atomic E-state index is 13.5. The van der Waals surface area contributed by atoms with Gasteiger partial charge in [-0.1, -0.05) is 66.7 Å². The zero-order valence-electron chi connectivity index (χ0n) is 20.4. The number of quaternary nitrogens is 1. The molecule has 0 unspecified atom stereocenters. The second-order valence-electron chi connectivity index (χ2n) is 9.19. The van der Waals surface area contributed by atoms with Crippen molar-refractivity contribution >= 4 is 11.9 Å². The fraction of sp³-hybridized carbons (Fsp3) is 0.345. The van der Waals surface area contributed by atoms with Crippen molar-refractivity contribution < 1.29 is 18.8 Å². The second-order valence-corrected chi connectivity index (χ2v) is 9.19. The monoisotopic (exact) mass is 472 g/mol. The molecule has 0 atom stereocenters. The Morgan fingerprint density at radius 1 is 0.914 bits per heavy atom. The lowest BCUT2D eigenvalue weighted by Gasteiger charge is -2.44. The number of benzene rings is 2. The van der Waals surface area contributed by atoms with Crippen molar-refractivity contribution in [3.8, 4) is 0 Å². The molecule has 0 bridgehead atoms. The quantitative estimate of drug-likeness (QED) is 0.349. The van der Waals surface area contributed by atoms with Crippen LogP contribution in [0.5, 0.6) is 0 Å². The number of amides is 1. The van der Waals surface area contributed by atoms with E-state index in [0.717, 1.165) is 16.8 Å². The van der Waals surface area contributed by atoms with Gasteiger partial charge in [0.2, 0.25) is 5.91 Å². The number of hydrogen-bond acceptors (Lipinski definition) is 4. The van der Waals surface area contributed by atoms with Crippen molar-refractivity contribution in [1.29, 1.82) is 0 Å². The maximum Gasteiger partial charge on any atom is 0.361 e. The minimum Gasteiger partial charge on any atom is -0.462 e. The maximum absolute atomic E-state index is 13.5. The molecule has 2 heterocycles. The van der Waals surface area contributed by atoms with Crippen LogP contribution in [0.2, 0.25) is 0 Å². The Balaban J connectivity index is 1.46. The van der Waals surface area contributed by atoms with Gasteiger partial charge in [-0.05, 0) is 30.2 Å². The van der Waals surface area contributed by atoms with Gasteiger partial charge in [0.05, 0.1) is 38.5 Å². The van der Waals surface area contributed by atoms with E-state index in [4.69, 9.17) is 4.74 Å². The van der Waals surface area contributed by atoms with Crippen LogP contribution >= 0.6 is 0 Å². The Morgan fingerprint density at radius 2 is 1.51 bits per heavy atom. The van der Waals surface area contributed by atoms with E-state index in [-0.39, 0.29) is 17.8 Å². The van der Waals surface area contributed by atoms with Crippen LogP contribution in [0, 0.1) is 0 Å². The number of carbonyl (C=O) groups is 2. The highest BCUT2D eigenvalue weighted by atomic mass is 16.5. The molecule has 1 saturated heterocycles. The van der Waals surface area contributed by atoms with Gasteiger partial charge in [-0.25, -0.2) is 4.79 Å². The average Bonchev–Trinajstić information content (AvgIpc) is 2.89. The molecule has 2 aromatic carbocycles. The summed E-state index contributed by atoms with van der Waals surface area (Å²) in [5.74, 6) is -0.0370. The molecule has 0 saturated carbocycles. The van der Waals surface area contributed by atoms with Crippen LogP contribution < -0.4 is 0 Å². The van der Waals surface area contributed by atoms with Gasteiger partial charge >= 0.3 is 5.97 Å². The van der Waals surface area contributed by atoms with Crippen molar-refractivity contribution in [2.45, 2.75) is 25.8 Å². The summed E-state index contributed by atoms with van der Waals surface area (Å²) in [6.45, 7) is 5.76. The van der Waals surface area contributed by atoms with Crippen LogP contribution in [0.4, 0.5) is 0 Å². The van der Waals surface area contributed by atoms with E-state index in [1.54, 1.807) is 6.20 Å². The zero-order chi connectivity index (χ0) is 24.5. The van der Waals surface area contributed by atoms with Gasteiger partial charge in [0, 0.05) is 18.5 Å². The normalized spacial score (nSPS) is 15.1. The lowest BCUT2D eigenvalue weighted by Crippen LogP contribution is -2.61. The van der Waals surface area contributed by atoms with Gasteiger partial charge in [0.15, 0.2) is 6.54 Å². The smallest absolute Gasteiger partial charge is 0.361 e. The van der Waals surface area contributed by atoms with E-state index in [1.807, 2.05) is 66.4 Å². The molecule has 0 spiro atoms. The fourth-order valence-corrected chi connectivity index (χ4v) is 4.93. The number of carbonyl (C=O) groups excluding carboxylic acids is 2. The van der Waals surface area contributed by atoms with Gasteiger partial charge in [-0.2, -0.15) is 0 Å². The number of esters is 1. The Kier molecular flexibility index (Phi) is 8.27. The highest BCUT2D eigenvalue weighted by Gasteiger charge is 2.38. The molecule has 6 nitrogen and oxygen atoms in total. The number of ether oxygens (including phenoxy) is 1. The fourth-order valence-electron chi connectivity index (χ4n) is 4.93. The van der Waals surface area contributed by atoms with E-state index < -0.39 is 0 Å². The number of pyridine rings is 1. The molecular formula is C29H34N3O3+. The molecule has 6 heteroatoms. The molecule has 0 aliphatic carbocycles. The summed E-state index contributed by atoms with van der Waals surface area (Å²) in [5, 5.41) is 0. The summed E-state index contributed by atoms with van der Waals surface area (Å²) >= 11 is 0. The molecule has 3 aromatic rings. The average molecular weight is 473 g/mol. The number of rotatable bonds is 9. The van der Waals surface area contributed by atoms with E-state index in [9.17, 15) is 9.59 Å². The highest BCUT2D eigenvalue weighted by Crippen LogP contribution is 2.29. The van der Waals surface area contributed by atoms with Crippen molar-refractivity contribution in [2.75, 3.05) is 39.3 Å². The standard InChI is InChI=1S/C29H34N3O3/c1-2-35-29(34)23-32(22-26-15-9-10-16-30-26)19-17-31(18-20-32)28(33)21-27(24-11-5-3-6-12-24)25-13-7-4-8-14-25/h3-16,27H,2,17-23H2,1H3/q+1. The number of nitrogens with zero attached hydrogens (tertiary/aromatic N) is 3. The van der Waals surface area contributed by atoms with Crippen molar-refractivity contribution in [3.05, 3.63) is 102 Å². The predicted octanol–water partition coefficient (Wildman–Crippen LogP) is 4.03. The number of aromatic nitrogens is 1. The van der Waals surface area contributed by atoms with Crippen molar-refractivity contribution in [1.82, 2.24) is 9.88 Å². The Hall–Kier alpha value is -3.51. The lowest BCUT2D eigenvalue weighted by atomic mass is 9.88. The van der Waals surface area contributed by atoms with Crippen molar-refractivity contribution in [2.24, 2.45) is 0 Å². The summed E-state index contributed by atoms with van der Waals surface area (Å²) in [4.78, 5) is 32.3. The zero-order valence-corrected chi connectivity index (χ0v) is 20.4. The van der Waals surface area contributed by atoms with E-state index in [2.05, 4.69) is 29.2 Å². The van der Waals surface area contributed by atoms with Gasteiger partial charge in [-0.15, -0.1) is 0 Å². The van der Waals surface area contributed by atoms with Gasteiger partial charge in [-0.3, -0.25) is 9.78 Å². The third-order valence-corrected chi connectivity index (χ3v) is 6.82. The van der Waals surface area contributed by atoms with Gasteiger partial charge < -0.3 is 14.1 Å². The minimum atomic E-state index is -0.198. The number of hydrogen-bond donors (Lipinski definition) is 0. The molecule has 182 valence electrons. The minimum absolute atomic E-state index is 0.0131. The summed E-state index contributed by atoms with van der Waals surface area (Å²) in [7, 11) is 0. The predicted molar refractivity (Wildman–Crippen MR) is 135 cm³/mol. The van der Waals surface area contributed by atoms with Crippen LogP contribution in [0.1, 0.15) is 36.1 Å². The first-order valence-corrected chi connectivity index (χ1v) is 12.4. The second kappa shape index (κ2) is 11.8. The summed E-state index contributed by atoms with van der Waals surface area (Å²) < 4.78 is 5.83. The first-order valence-electron chi connectivity index (χ1n) is 12.4. The van der Waals surface area contributed by atoms with E-state index in [0.29, 0.717) is 56.8 Å². The summed E-state index contributed by atoms with van der Waals surface area (Å²) in [6.07, 6.45) is 2.20.